The molecular weight excluding hydrogens is 382 g/mol. The van der Waals surface area contributed by atoms with Gasteiger partial charge in [-0.15, -0.1) is 11.3 Å². The van der Waals surface area contributed by atoms with Gasteiger partial charge in [-0.25, -0.2) is 4.98 Å². The number of anilines is 1. The molecule has 1 atom stereocenters. The van der Waals surface area contributed by atoms with Crippen LogP contribution < -0.4 is 10.6 Å². The Morgan fingerprint density at radius 1 is 1.07 bits per heavy atom. The van der Waals surface area contributed by atoms with Crippen LogP contribution in [0.15, 0.2) is 60.8 Å². The molecule has 0 aliphatic rings. The van der Waals surface area contributed by atoms with Crippen LogP contribution in [0.2, 0.25) is 0 Å². The van der Waals surface area contributed by atoms with Crippen molar-refractivity contribution < 1.29 is 9.59 Å². The summed E-state index contributed by atoms with van der Waals surface area (Å²) in [5.41, 5.74) is 2.74. The summed E-state index contributed by atoms with van der Waals surface area (Å²) < 4.78 is 0. The molecule has 3 rings (SSSR count). The van der Waals surface area contributed by atoms with Crippen molar-refractivity contribution >= 4 is 28.3 Å². The second-order valence-electron chi connectivity index (χ2n) is 7.35. The van der Waals surface area contributed by atoms with Gasteiger partial charge in [0.15, 0.2) is 5.13 Å². The maximum atomic E-state index is 12.8. The maximum absolute atomic E-state index is 12.8. The highest BCUT2D eigenvalue weighted by Crippen LogP contribution is 2.22. The number of aromatic nitrogens is 1. The minimum Gasteiger partial charge on any atom is -0.340 e. The SMILES string of the molecule is Cc1cccc(C(=O)NC(C(=O)Nc2ncc(Cc3ccccc3)s2)C(C)C)c1. The van der Waals surface area contributed by atoms with Crippen LogP contribution in [-0.2, 0) is 11.2 Å². The Bertz CT molecular complexity index is 983. The Hall–Kier alpha value is -2.99. The molecule has 2 aromatic carbocycles. The molecule has 0 saturated heterocycles. The lowest BCUT2D eigenvalue weighted by atomic mass is 10.0. The summed E-state index contributed by atoms with van der Waals surface area (Å²) in [4.78, 5) is 30.8. The zero-order valence-corrected chi connectivity index (χ0v) is 17.6. The predicted octanol–water partition coefficient (Wildman–Crippen LogP) is 4.44. The first-order chi connectivity index (χ1) is 13.9. The number of thiazole rings is 1. The topological polar surface area (TPSA) is 71.1 Å². The number of amides is 2. The average molecular weight is 408 g/mol. The smallest absolute Gasteiger partial charge is 0.251 e. The Labute approximate surface area is 175 Å². The molecule has 5 nitrogen and oxygen atoms in total. The molecule has 2 amide bonds. The standard InChI is InChI=1S/C23H25N3O2S/c1-15(2)20(25-21(27)18-11-7-8-16(3)12-18)22(28)26-23-24-14-19(29-23)13-17-9-5-4-6-10-17/h4-12,14-15,20H,13H2,1-3H3,(H,25,27)(H,24,26,28). The molecule has 0 radical (unpaired) electrons. The van der Waals surface area contributed by atoms with Gasteiger partial charge in [-0.1, -0.05) is 61.9 Å². The molecule has 1 heterocycles. The maximum Gasteiger partial charge on any atom is 0.251 e. The summed E-state index contributed by atoms with van der Waals surface area (Å²) in [6.07, 6.45) is 2.55. The largest absolute Gasteiger partial charge is 0.340 e. The normalized spacial score (nSPS) is 11.9. The highest BCUT2D eigenvalue weighted by molar-refractivity contribution is 7.15. The molecule has 29 heavy (non-hydrogen) atoms. The molecule has 0 aliphatic heterocycles. The van der Waals surface area contributed by atoms with Crippen molar-refractivity contribution in [1.82, 2.24) is 10.3 Å². The van der Waals surface area contributed by atoms with E-state index < -0.39 is 6.04 Å². The molecule has 1 unspecified atom stereocenters. The third kappa shape index (κ3) is 5.74. The number of hydrogen-bond donors (Lipinski definition) is 2. The molecule has 2 N–H and O–H groups in total. The van der Waals surface area contributed by atoms with E-state index >= 15 is 0 Å². The zero-order valence-electron chi connectivity index (χ0n) is 16.8. The summed E-state index contributed by atoms with van der Waals surface area (Å²) in [5, 5.41) is 6.24. The van der Waals surface area contributed by atoms with Gasteiger partial charge < -0.3 is 10.6 Å². The Kier molecular flexibility index (Phi) is 6.77. The lowest BCUT2D eigenvalue weighted by Crippen LogP contribution is -2.47. The Morgan fingerprint density at radius 2 is 1.83 bits per heavy atom. The van der Waals surface area contributed by atoms with Gasteiger partial charge in [0, 0.05) is 23.1 Å². The molecular formula is C23H25N3O2S. The van der Waals surface area contributed by atoms with Gasteiger partial charge in [0.1, 0.15) is 6.04 Å². The van der Waals surface area contributed by atoms with Crippen molar-refractivity contribution in [1.29, 1.82) is 0 Å². The van der Waals surface area contributed by atoms with E-state index in [9.17, 15) is 9.59 Å². The van der Waals surface area contributed by atoms with E-state index in [1.807, 2.05) is 51.1 Å². The fourth-order valence-corrected chi connectivity index (χ4v) is 3.82. The monoisotopic (exact) mass is 407 g/mol. The lowest BCUT2D eigenvalue weighted by Gasteiger charge is -2.21. The van der Waals surface area contributed by atoms with Gasteiger partial charge in [0.25, 0.3) is 5.91 Å². The lowest BCUT2D eigenvalue weighted by molar-refractivity contribution is -0.118. The van der Waals surface area contributed by atoms with Crippen molar-refractivity contribution in [3.8, 4) is 0 Å². The van der Waals surface area contributed by atoms with Crippen molar-refractivity contribution in [3.05, 3.63) is 82.4 Å². The van der Waals surface area contributed by atoms with Gasteiger partial charge in [0.2, 0.25) is 5.91 Å². The minimum atomic E-state index is -0.649. The van der Waals surface area contributed by atoms with E-state index in [0.717, 1.165) is 16.9 Å². The van der Waals surface area contributed by atoms with Crippen molar-refractivity contribution in [2.75, 3.05) is 5.32 Å². The van der Waals surface area contributed by atoms with E-state index in [0.29, 0.717) is 10.7 Å². The van der Waals surface area contributed by atoms with Crippen LogP contribution in [0, 0.1) is 12.8 Å². The molecule has 0 bridgehead atoms. The van der Waals surface area contributed by atoms with Crippen LogP contribution in [0.1, 0.15) is 40.2 Å². The molecule has 150 valence electrons. The second-order valence-corrected chi connectivity index (χ2v) is 8.46. The summed E-state index contributed by atoms with van der Waals surface area (Å²) in [6.45, 7) is 5.74. The number of benzene rings is 2. The molecule has 3 aromatic rings. The Balaban J connectivity index is 1.64. The highest BCUT2D eigenvalue weighted by Gasteiger charge is 2.25. The third-order valence-corrected chi connectivity index (χ3v) is 5.43. The van der Waals surface area contributed by atoms with Gasteiger partial charge in [-0.05, 0) is 30.5 Å². The fraction of sp³-hybridized carbons (Fsp3) is 0.261. The molecule has 0 saturated carbocycles. The molecule has 6 heteroatoms. The second kappa shape index (κ2) is 9.47. The molecule has 1 aromatic heterocycles. The number of nitrogens with zero attached hydrogens (tertiary/aromatic N) is 1. The molecule has 0 aliphatic carbocycles. The molecule has 0 fully saturated rings. The number of carbonyl (C=O) groups excluding carboxylic acids is 2. The number of hydrogen-bond acceptors (Lipinski definition) is 4. The van der Waals surface area contributed by atoms with Gasteiger partial charge in [-0.2, -0.15) is 0 Å². The van der Waals surface area contributed by atoms with E-state index in [1.54, 1.807) is 18.3 Å². The van der Waals surface area contributed by atoms with Crippen LogP contribution in [0.4, 0.5) is 5.13 Å². The number of carbonyl (C=O) groups is 2. The highest BCUT2D eigenvalue weighted by atomic mass is 32.1. The van der Waals surface area contributed by atoms with Gasteiger partial charge in [0.05, 0.1) is 0 Å². The van der Waals surface area contributed by atoms with Crippen LogP contribution in [0.5, 0.6) is 0 Å². The summed E-state index contributed by atoms with van der Waals surface area (Å²) >= 11 is 1.45. The Morgan fingerprint density at radius 3 is 2.52 bits per heavy atom. The van der Waals surface area contributed by atoms with E-state index in [-0.39, 0.29) is 17.7 Å². The summed E-state index contributed by atoms with van der Waals surface area (Å²) in [5.74, 6) is -0.583. The number of aryl methyl sites for hydroxylation is 1. The van der Waals surface area contributed by atoms with E-state index in [4.69, 9.17) is 0 Å². The van der Waals surface area contributed by atoms with E-state index in [1.165, 1.54) is 16.9 Å². The summed E-state index contributed by atoms with van der Waals surface area (Å²) in [6, 6.07) is 16.8. The first-order valence-electron chi connectivity index (χ1n) is 9.59. The minimum absolute atomic E-state index is 0.0625. The quantitative estimate of drug-likeness (QED) is 0.608. The number of rotatable bonds is 7. The van der Waals surface area contributed by atoms with Crippen LogP contribution >= 0.6 is 11.3 Å². The van der Waals surface area contributed by atoms with Crippen molar-refractivity contribution in [3.63, 3.8) is 0 Å². The van der Waals surface area contributed by atoms with Crippen LogP contribution in [-0.4, -0.2) is 22.8 Å². The predicted molar refractivity (Wildman–Crippen MR) is 117 cm³/mol. The van der Waals surface area contributed by atoms with Crippen LogP contribution in [0.3, 0.4) is 0 Å². The number of nitrogens with one attached hydrogen (secondary N) is 2. The van der Waals surface area contributed by atoms with Crippen molar-refractivity contribution in [2.24, 2.45) is 5.92 Å². The molecule has 0 spiro atoms. The van der Waals surface area contributed by atoms with Crippen molar-refractivity contribution in [2.45, 2.75) is 33.2 Å². The van der Waals surface area contributed by atoms with Gasteiger partial charge in [-0.3, -0.25) is 9.59 Å². The first-order valence-corrected chi connectivity index (χ1v) is 10.4. The summed E-state index contributed by atoms with van der Waals surface area (Å²) in [7, 11) is 0. The van der Waals surface area contributed by atoms with E-state index in [2.05, 4.69) is 27.8 Å². The first kappa shape index (κ1) is 20.7. The average Bonchev–Trinajstić information content (AvgIpc) is 3.13. The van der Waals surface area contributed by atoms with Gasteiger partial charge >= 0.3 is 0 Å². The zero-order chi connectivity index (χ0) is 20.8. The third-order valence-electron chi connectivity index (χ3n) is 4.52. The van der Waals surface area contributed by atoms with Crippen LogP contribution in [0.25, 0.3) is 0 Å². The fourth-order valence-electron chi connectivity index (χ4n) is 2.97.